The van der Waals surface area contributed by atoms with Gasteiger partial charge in [0.1, 0.15) is 5.69 Å². The standard InChI is InChI=1S/C24H33N7OS/c1-24(2,3)26-21-20(18-9-5-4-6-10-18)25-22-31(21)27-23(33-22)30-15-13-28(14-16-30)17-19(32)29-11-7-8-12-29/h4-6,9-10,26H,7-8,11-17H2,1-3H3. The number of nitrogens with zero attached hydrogens (tertiary/aromatic N) is 6. The lowest BCUT2D eigenvalue weighted by Gasteiger charge is -2.34. The van der Waals surface area contributed by atoms with Gasteiger partial charge in [-0.1, -0.05) is 41.7 Å². The smallest absolute Gasteiger partial charge is 0.236 e. The molecule has 0 unspecified atom stereocenters. The number of hydrogen-bond acceptors (Lipinski definition) is 7. The SMILES string of the molecule is CC(C)(C)Nc1c(-c2ccccc2)nc2sc(N3CCN(CC(=O)N4CCCC4)CC3)nn12. The highest BCUT2D eigenvalue weighted by Crippen LogP contribution is 2.34. The molecule has 3 aromatic rings. The minimum atomic E-state index is -0.114. The number of imidazole rings is 1. The maximum absolute atomic E-state index is 12.5. The number of rotatable bonds is 5. The highest BCUT2D eigenvalue weighted by atomic mass is 32.1. The molecule has 2 aliphatic heterocycles. The third-order valence-corrected chi connectivity index (χ3v) is 7.16. The third kappa shape index (κ3) is 4.84. The van der Waals surface area contributed by atoms with Gasteiger partial charge in [-0.3, -0.25) is 9.69 Å². The molecule has 2 fully saturated rings. The Morgan fingerprint density at radius 3 is 2.39 bits per heavy atom. The summed E-state index contributed by atoms with van der Waals surface area (Å²) < 4.78 is 1.96. The van der Waals surface area contributed by atoms with Crippen LogP contribution < -0.4 is 10.2 Å². The molecule has 1 N–H and O–H groups in total. The molecule has 33 heavy (non-hydrogen) atoms. The number of aromatic nitrogens is 3. The molecule has 2 saturated heterocycles. The highest BCUT2D eigenvalue weighted by Gasteiger charge is 2.27. The number of carbonyl (C=O) groups excluding carboxylic acids is 1. The monoisotopic (exact) mass is 467 g/mol. The van der Waals surface area contributed by atoms with Gasteiger partial charge in [-0.25, -0.2) is 4.98 Å². The molecular weight excluding hydrogens is 434 g/mol. The fourth-order valence-corrected chi connectivity index (χ4v) is 5.44. The van der Waals surface area contributed by atoms with E-state index in [1.54, 1.807) is 11.3 Å². The minimum absolute atomic E-state index is 0.114. The zero-order chi connectivity index (χ0) is 23.0. The van der Waals surface area contributed by atoms with E-state index in [9.17, 15) is 4.79 Å². The van der Waals surface area contributed by atoms with Crippen molar-refractivity contribution in [3.63, 3.8) is 0 Å². The van der Waals surface area contributed by atoms with Crippen LogP contribution in [-0.4, -0.2) is 81.7 Å². The van der Waals surface area contributed by atoms with E-state index in [1.165, 1.54) is 0 Å². The Hall–Kier alpha value is -2.65. The fraction of sp³-hybridized carbons (Fsp3) is 0.542. The van der Waals surface area contributed by atoms with Gasteiger partial charge in [-0.2, -0.15) is 4.52 Å². The number of hydrogen-bond donors (Lipinski definition) is 1. The van der Waals surface area contributed by atoms with Crippen LogP contribution in [-0.2, 0) is 4.79 Å². The van der Waals surface area contributed by atoms with Crippen molar-refractivity contribution in [1.82, 2.24) is 24.4 Å². The molecule has 0 atom stereocenters. The van der Waals surface area contributed by atoms with Gasteiger partial charge in [0.05, 0.1) is 6.54 Å². The Morgan fingerprint density at radius 1 is 1.03 bits per heavy atom. The molecule has 0 radical (unpaired) electrons. The van der Waals surface area contributed by atoms with Crippen LogP contribution in [0.5, 0.6) is 0 Å². The summed E-state index contributed by atoms with van der Waals surface area (Å²) >= 11 is 1.63. The van der Waals surface area contributed by atoms with Crippen molar-refractivity contribution in [1.29, 1.82) is 0 Å². The summed E-state index contributed by atoms with van der Waals surface area (Å²) in [6.45, 7) is 12.3. The predicted molar refractivity (Wildman–Crippen MR) is 134 cm³/mol. The maximum Gasteiger partial charge on any atom is 0.236 e. The van der Waals surface area contributed by atoms with Gasteiger partial charge in [0.15, 0.2) is 5.82 Å². The maximum atomic E-state index is 12.5. The van der Waals surface area contributed by atoms with Crippen molar-refractivity contribution in [3.8, 4) is 11.3 Å². The van der Waals surface area contributed by atoms with E-state index in [0.29, 0.717) is 6.54 Å². The first-order valence-corrected chi connectivity index (χ1v) is 12.7. The number of nitrogens with one attached hydrogen (secondary N) is 1. The second-order valence-corrected chi connectivity index (χ2v) is 10.9. The molecule has 0 saturated carbocycles. The first-order chi connectivity index (χ1) is 15.9. The molecule has 0 aliphatic carbocycles. The molecule has 2 aliphatic rings. The molecule has 9 heteroatoms. The number of amides is 1. The second-order valence-electron chi connectivity index (χ2n) is 9.98. The number of fused-ring (bicyclic) bond motifs is 1. The molecule has 2 aromatic heterocycles. The lowest BCUT2D eigenvalue weighted by Crippen LogP contribution is -2.49. The van der Waals surface area contributed by atoms with E-state index in [0.717, 1.165) is 79.3 Å². The van der Waals surface area contributed by atoms with Crippen LogP contribution in [0.2, 0.25) is 0 Å². The summed E-state index contributed by atoms with van der Waals surface area (Å²) in [4.78, 5) is 24.9. The summed E-state index contributed by atoms with van der Waals surface area (Å²) in [6, 6.07) is 10.3. The average molecular weight is 468 g/mol. The van der Waals surface area contributed by atoms with E-state index < -0.39 is 0 Å². The van der Waals surface area contributed by atoms with Gasteiger partial charge in [0.25, 0.3) is 0 Å². The van der Waals surface area contributed by atoms with Gasteiger partial charge in [-0.05, 0) is 33.6 Å². The van der Waals surface area contributed by atoms with E-state index in [-0.39, 0.29) is 11.4 Å². The third-order valence-electron chi connectivity index (χ3n) is 6.19. The van der Waals surface area contributed by atoms with Crippen LogP contribution in [0, 0.1) is 0 Å². The number of benzene rings is 1. The normalized spacial score (nSPS) is 17.8. The van der Waals surface area contributed by atoms with E-state index in [2.05, 4.69) is 48.0 Å². The fourth-order valence-electron chi connectivity index (χ4n) is 4.49. The summed E-state index contributed by atoms with van der Waals surface area (Å²) in [5.74, 6) is 1.21. The molecule has 4 heterocycles. The molecule has 5 rings (SSSR count). The van der Waals surface area contributed by atoms with Crippen LogP contribution in [0.1, 0.15) is 33.6 Å². The predicted octanol–water partition coefficient (Wildman–Crippen LogP) is 3.41. The van der Waals surface area contributed by atoms with Crippen molar-refractivity contribution < 1.29 is 4.79 Å². The van der Waals surface area contributed by atoms with Gasteiger partial charge >= 0.3 is 0 Å². The van der Waals surface area contributed by atoms with Crippen LogP contribution in [0.15, 0.2) is 30.3 Å². The lowest BCUT2D eigenvalue weighted by atomic mass is 10.1. The van der Waals surface area contributed by atoms with Crippen molar-refractivity contribution in [2.75, 3.05) is 56.0 Å². The lowest BCUT2D eigenvalue weighted by molar-refractivity contribution is -0.131. The Morgan fingerprint density at radius 2 is 1.73 bits per heavy atom. The van der Waals surface area contributed by atoms with Gasteiger partial charge < -0.3 is 15.1 Å². The molecule has 0 spiro atoms. The minimum Gasteiger partial charge on any atom is -0.364 e. The molecular formula is C24H33N7OS. The summed E-state index contributed by atoms with van der Waals surface area (Å²) in [7, 11) is 0. The summed E-state index contributed by atoms with van der Waals surface area (Å²) in [5, 5.41) is 9.56. The zero-order valence-corrected chi connectivity index (χ0v) is 20.6. The molecule has 8 nitrogen and oxygen atoms in total. The van der Waals surface area contributed by atoms with Gasteiger partial charge in [0.2, 0.25) is 16.0 Å². The number of likely N-dealkylation sites (tertiary alicyclic amines) is 1. The Labute approximate surface area is 199 Å². The highest BCUT2D eigenvalue weighted by molar-refractivity contribution is 7.20. The van der Waals surface area contributed by atoms with Crippen LogP contribution >= 0.6 is 11.3 Å². The van der Waals surface area contributed by atoms with E-state index >= 15 is 0 Å². The van der Waals surface area contributed by atoms with Crippen LogP contribution in [0.4, 0.5) is 10.9 Å². The van der Waals surface area contributed by atoms with Gasteiger partial charge in [0, 0.05) is 50.4 Å². The number of carbonyl (C=O) groups is 1. The van der Waals surface area contributed by atoms with E-state index in [4.69, 9.17) is 10.1 Å². The van der Waals surface area contributed by atoms with Crippen molar-refractivity contribution in [2.24, 2.45) is 0 Å². The number of anilines is 2. The largest absolute Gasteiger partial charge is 0.364 e. The molecule has 1 aromatic carbocycles. The quantitative estimate of drug-likeness (QED) is 0.620. The van der Waals surface area contributed by atoms with Gasteiger partial charge in [-0.15, -0.1) is 5.10 Å². The average Bonchev–Trinajstić information content (AvgIpc) is 3.52. The van der Waals surface area contributed by atoms with Crippen molar-refractivity contribution in [3.05, 3.63) is 30.3 Å². The Kier molecular flexibility index (Phi) is 6.01. The van der Waals surface area contributed by atoms with Crippen LogP contribution in [0.25, 0.3) is 16.2 Å². The topological polar surface area (TPSA) is 69.0 Å². The van der Waals surface area contributed by atoms with Crippen LogP contribution in [0.3, 0.4) is 0 Å². The first kappa shape index (κ1) is 22.2. The molecule has 176 valence electrons. The first-order valence-electron chi connectivity index (χ1n) is 11.9. The van der Waals surface area contributed by atoms with E-state index in [1.807, 2.05) is 27.6 Å². The number of piperazine rings is 1. The Balaban J connectivity index is 1.32. The summed E-state index contributed by atoms with van der Waals surface area (Å²) in [5.41, 5.74) is 1.90. The zero-order valence-electron chi connectivity index (χ0n) is 19.8. The Bertz CT molecular complexity index is 1100. The summed E-state index contributed by atoms with van der Waals surface area (Å²) in [6.07, 6.45) is 2.28. The molecule has 1 amide bonds. The van der Waals surface area contributed by atoms with Crippen molar-refractivity contribution >= 4 is 33.2 Å². The second kappa shape index (κ2) is 8.95. The van der Waals surface area contributed by atoms with Crippen molar-refractivity contribution in [2.45, 2.75) is 39.2 Å². The molecule has 0 bridgehead atoms.